The van der Waals surface area contributed by atoms with Crippen molar-refractivity contribution in [2.45, 2.75) is 25.9 Å². The minimum atomic E-state index is -0.180. The second-order valence-electron chi connectivity index (χ2n) is 6.77. The number of amides is 1. The van der Waals surface area contributed by atoms with Crippen molar-refractivity contribution in [3.63, 3.8) is 0 Å². The summed E-state index contributed by atoms with van der Waals surface area (Å²) in [6.45, 7) is -0.180. The monoisotopic (exact) mass is 409 g/mol. The van der Waals surface area contributed by atoms with Crippen molar-refractivity contribution in [2.24, 2.45) is 0 Å². The van der Waals surface area contributed by atoms with E-state index in [1.807, 2.05) is 18.2 Å². The summed E-state index contributed by atoms with van der Waals surface area (Å²) in [5, 5.41) is 12.5. The molecule has 3 rings (SSSR count). The minimum absolute atomic E-state index is 0.105. The highest BCUT2D eigenvalue weighted by Crippen LogP contribution is 2.31. The molecule has 0 saturated heterocycles. The van der Waals surface area contributed by atoms with Crippen LogP contribution in [0, 0.1) is 0 Å². The minimum Gasteiger partial charge on any atom is -0.496 e. The van der Waals surface area contributed by atoms with E-state index in [1.54, 1.807) is 12.1 Å². The van der Waals surface area contributed by atoms with Crippen molar-refractivity contribution in [1.29, 1.82) is 0 Å². The van der Waals surface area contributed by atoms with Gasteiger partial charge in [0.15, 0.2) is 0 Å². The van der Waals surface area contributed by atoms with Crippen LogP contribution < -0.4 is 10.1 Å². The van der Waals surface area contributed by atoms with Gasteiger partial charge in [0.1, 0.15) is 5.75 Å². The van der Waals surface area contributed by atoms with Crippen molar-refractivity contribution in [2.75, 3.05) is 12.4 Å². The molecule has 5 heteroatoms. The molecule has 0 spiro atoms. The number of hydrogen-bond acceptors (Lipinski definition) is 3. The van der Waals surface area contributed by atoms with Crippen LogP contribution in [-0.2, 0) is 17.8 Å². The molecular formula is C24H24ClNO3. The first-order valence-corrected chi connectivity index (χ1v) is 9.90. The fourth-order valence-electron chi connectivity index (χ4n) is 3.16. The van der Waals surface area contributed by atoms with Gasteiger partial charge in [0.05, 0.1) is 24.4 Å². The van der Waals surface area contributed by atoms with Crippen LogP contribution in [0.5, 0.6) is 5.75 Å². The van der Waals surface area contributed by atoms with Crippen molar-refractivity contribution in [3.05, 3.63) is 82.9 Å². The van der Waals surface area contributed by atoms with Crippen LogP contribution in [-0.4, -0.2) is 18.1 Å². The number of methoxy groups -OCH3 is 1. The molecule has 0 aliphatic carbocycles. The molecule has 3 aromatic carbocycles. The van der Waals surface area contributed by atoms with Gasteiger partial charge in [0.25, 0.3) is 0 Å². The number of benzene rings is 3. The number of carbonyl (C=O) groups is 1. The molecule has 150 valence electrons. The Morgan fingerprint density at radius 2 is 1.72 bits per heavy atom. The number of hydrogen-bond donors (Lipinski definition) is 2. The zero-order valence-corrected chi connectivity index (χ0v) is 17.1. The highest BCUT2D eigenvalue weighted by Gasteiger charge is 2.11. The lowest BCUT2D eigenvalue weighted by atomic mass is 10.0. The van der Waals surface area contributed by atoms with Crippen molar-refractivity contribution >= 4 is 23.2 Å². The number of ether oxygens (including phenoxy) is 1. The number of aliphatic hydroxyl groups is 1. The number of rotatable bonds is 8. The fourth-order valence-corrected chi connectivity index (χ4v) is 3.40. The Bertz CT molecular complexity index is 956. The number of anilines is 1. The van der Waals surface area contributed by atoms with Gasteiger partial charge in [-0.15, -0.1) is 0 Å². The summed E-state index contributed by atoms with van der Waals surface area (Å²) in [4.78, 5) is 12.3. The third-order valence-electron chi connectivity index (χ3n) is 4.74. The number of aliphatic hydroxyl groups excluding tert-OH is 1. The van der Waals surface area contributed by atoms with E-state index in [0.29, 0.717) is 28.4 Å². The predicted octanol–water partition coefficient (Wildman–Crippen LogP) is 5.47. The molecule has 0 saturated carbocycles. The Morgan fingerprint density at radius 3 is 2.38 bits per heavy atom. The molecule has 0 heterocycles. The molecule has 3 aromatic rings. The molecule has 29 heavy (non-hydrogen) atoms. The highest BCUT2D eigenvalue weighted by atomic mass is 35.5. The zero-order chi connectivity index (χ0) is 20.6. The maximum atomic E-state index is 12.3. The van der Waals surface area contributed by atoms with Gasteiger partial charge in [-0.1, -0.05) is 66.2 Å². The van der Waals surface area contributed by atoms with E-state index in [9.17, 15) is 9.90 Å². The molecule has 0 atom stereocenters. The maximum Gasteiger partial charge on any atom is 0.224 e. The van der Waals surface area contributed by atoms with E-state index in [1.165, 1.54) is 23.8 Å². The maximum absolute atomic E-state index is 12.3. The molecule has 0 bridgehead atoms. The van der Waals surface area contributed by atoms with Gasteiger partial charge in [-0.2, -0.15) is 0 Å². The molecular weight excluding hydrogens is 386 g/mol. The average Bonchev–Trinajstić information content (AvgIpc) is 2.76. The first-order chi connectivity index (χ1) is 14.1. The zero-order valence-electron chi connectivity index (χ0n) is 16.3. The van der Waals surface area contributed by atoms with Crippen LogP contribution in [0.15, 0.2) is 66.7 Å². The molecule has 2 N–H and O–H groups in total. The molecule has 0 aliphatic heterocycles. The van der Waals surface area contributed by atoms with Gasteiger partial charge in [-0.3, -0.25) is 4.79 Å². The van der Waals surface area contributed by atoms with Crippen LogP contribution in [0.4, 0.5) is 5.69 Å². The summed E-state index contributed by atoms with van der Waals surface area (Å²) in [6, 6.07) is 21.9. The smallest absolute Gasteiger partial charge is 0.224 e. The second kappa shape index (κ2) is 10.1. The van der Waals surface area contributed by atoms with Crippen molar-refractivity contribution < 1.29 is 14.6 Å². The standard InChI is InChI=1S/C24H24ClNO3/c1-29-23-15-22(21(25)14-20(23)16-27)26-24(28)9-5-6-17-10-12-19(13-11-17)18-7-3-2-4-8-18/h2-4,7-8,10-15,27H,5-6,9,16H2,1H3,(H,26,28). The molecule has 4 nitrogen and oxygen atoms in total. The third-order valence-corrected chi connectivity index (χ3v) is 5.06. The SMILES string of the molecule is COc1cc(NC(=O)CCCc2ccc(-c3ccccc3)cc2)c(Cl)cc1CO. The first kappa shape index (κ1) is 20.9. The lowest BCUT2D eigenvalue weighted by molar-refractivity contribution is -0.116. The Morgan fingerprint density at radius 1 is 1.03 bits per heavy atom. The van der Waals surface area contributed by atoms with Gasteiger partial charge >= 0.3 is 0 Å². The van der Waals surface area contributed by atoms with E-state index in [-0.39, 0.29) is 12.5 Å². The predicted molar refractivity (Wildman–Crippen MR) is 117 cm³/mol. The summed E-state index contributed by atoms with van der Waals surface area (Å²) in [7, 11) is 1.51. The number of aryl methyl sites for hydroxylation is 1. The van der Waals surface area contributed by atoms with Gasteiger partial charge < -0.3 is 15.2 Å². The van der Waals surface area contributed by atoms with E-state index in [0.717, 1.165) is 12.8 Å². The summed E-state index contributed by atoms with van der Waals surface area (Å²) in [5.41, 5.74) is 4.64. The first-order valence-electron chi connectivity index (χ1n) is 9.52. The van der Waals surface area contributed by atoms with E-state index in [4.69, 9.17) is 16.3 Å². The van der Waals surface area contributed by atoms with E-state index >= 15 is 0 Å². The van der Waals surface area contributed by atoms with Gasteiger partial charge in [0, 0.05) is 18.1 Å². The van der Waals surface area contributed by atoms with Crippen molar-refractivity contribution in [1.82, 2.24) is 0 Å². The third kappa shape index (κ3) is 5.59. The van der Waals surface area contributed by atoms with Gasteiger partial charge in [-0.25, -0.2) is 0 Å². The molecule has 0 aliphatic rings. The van der Waals surface area contributed by atoms with E-state index in [2.05, 4.69) is 41.7 Å². The fraction of sp³-hybridized carbons (Fsp3) is 0.208. The summed E-state index contributed by atoms with van der Waals surface area (Å²) >= 11 is 6.20. The van der Waals surface area contributed by atoms with Gasteiger partial charge in [-0.05, 0) is 35.6 Å². The normalized spacial score (nSPS) is 10.6. The Kier molecular flexibility index (Phi) is 7.28. The molecule has 0 radical (unpaired) electrons. The topological polar surface area (TPSA) is 58.6 Å². The van der Waals surface area contributed by atoms with Gasteiger partial charge in [0.2, 0.25) is 5.91 Å². The summed E-state index contributed by atoms with van der Waals surface area (Å²) in [6.07, 6.45) is 1.95. The molecule has 0 aromatic heterocycles. The lowest BCUT2D eigenvalue weighted by Crippen LogP contribution is -2.12. The molecule has 0 fully saturated rings. The molecule has 1 amide bonds. The van der Waals surface area contributed by atoms with E-state index < -0.39 is 0 Å². The second-order valence-corrected chi connectivity index (χ2v) is 7.17. The van der Waals surface area contributed by atoms with Crippen LogP contribution in [0.2, 0.25) is 5.02 Å². The number of nitrogens with one attached hydrogen (secondary N) is 1. The lowest BCUT2D eigenvalue weighted by Gasteiger charge is -2.12. The quantitative estimate of drug-likeness (QED) is 0.518. The number of halogens is 1. The van der Waals surface area contributed by atoms with Crippen LogP contribution in [0.1, 0.15) is 24.0 Å². The van der Waals surface area contributed by atoms with Crippen LogP contribution in [0.3, 0.4) is 0 Å². The largest absolute Gasteiger partial charge is 0.496 e. The van der Waals surface area contributed by atoms with Crippen LogP contribution in [0.25, 0.3) is 11.1 Å². The van der Waals surface area contributed by atoms with Crippen molar-refractivity contribution in [3.8, 4) is 16.9 Å². The van der Waals surface area contributed by atoms with Crippen LogP contribution >= 0.6 is 11.6 Å². The highest BCUT2D eigenvalue weighted by molar-refractivity contribution is 6.33. The summed E-state index contributed by atoms with van der Waals surface area (Å²) < 4.78 is 5.22. The Labute approximate surface area is 176 Å². The number of carbonyl (C=O) groups excluding carboxylic acids is 1. The summed E-state index contributed by atoms with van der Waals surface area (Å²) in [5.74, 6) is 0.386. The Hall–Kier alpha value is -2.82. The average molecular weight is 410 g/mol. The Balaban J connectivity index is 1.52. The molecule has 0 unspecified atom stereocenters.